The molecule has 0 saturated carbocycles. The van der Waals surface area contributed by atoms with Crippen LogP contribution in [0.15, 0.2) is 33.9 Å². The molecular formula is C19H22N4O3. The van der Waals surface area contributed by atoms with Crippen LogP contribution in [0.5, 0.6) is 5.88 Å². The van der Waals surface area contributed by atoms with Gasteiger partial charge in [-0.05, 0) is 38.9 Å². The average molecular weight is 354 g/mol. The van der Waals surface area contributed by atoms with Crippen molar-refractivity contribution in [1.82, 2.24) is 19.4 Å². The van der Waals surface area contributed by atoms with E-state index in [0.717, 1.165) is 35.1 Å². The normalized spacial score (nSPS) is 17.8. The molecule has 3 N–H and O–H groups in total. The number of aromatic amines is 2. The van der Waals surface area contributed by atoms with Crippen LogP contribution >= 0.6 is 0 Å². The van der Waals surface area contributed by atoms with Gasteiger partial charge in [0.05, 0.1) is 6.04 Å². The van der Waals surface area contributed by atoms with Crippen LogP contribution < -0.4 is 11.2 Å². The second kappa shape index (κ2) is 5.88. The van der Waals surface area contributed by atoms with E-state index in [2.05, 4.69) is 16.0 Å². The van der Waals surface area contributed by atoms with Gasteiger partial charge in [0.2, 0.25) is 5.88 Å². The molecule has 1 aliphatic heterocycles. The number of benzene rings is 1. The minimum absolute atomic E-state index is 0.202. The number of rotatable bonds is 2. The molecule has 4 rings (SSSR count). The standard InChI is InChI=1S/C19H22N4O3/c1-10(2)23-18(25)14(17(24)21-19(23)26)16-15-12(8-9-22(16)3)11-6-4-5-7-13(11)20-15/h4-7,10,16,20,25H,8-9H2,1-3H3,(H,21,24,26)/t16-/m1/s1. The fourth-order valence-electron chi connectivity index (χ4n) is 4.00. The molecule has 3 heterocycles. The maximum absolute atomic E-state index is 12.6. The number of para-hydroxylation sites is 1. The van der Waals surface area contributed by atoms with Crippen LogP contribution in [0.2, 0.25) is 0 Å². The Hall–Kier alpha value is -2.80. The lowest BCUT2D eigenvalue weighted by Gasteiger charge is -2.33. The monoisotopic (exact) mass is 354 g/mol. The quantitative estimate of drug-likeness (QED) is 0.655. The van der Waals surface area contributed by atoms with Crippen LogP contribution in [0.3, 0.4) is 0 Å². The number of nitrogens with one attached hydrogen (secondary N) is 2. The molecule has 7 heteroatoms. The predicted molar refractivity (Wildman–Crippen MR) is 99.8 cm³/mol. The highest BCUT2D eigenvalue weighted by atomic mass is 16.3. The Kier molecular flexibility index (Phi) is 3.77. The Bertz CT molecular complexity index is 1110. The predicted octanol–water partition coefficient (Wildman–Crippen LogP) is 1.88. The first-order valence-electron chi connectivity index (χ1n) is 8.77. The summed E-state index contributed by atoms with van der Waals surface area (Å²) >= 11 is 0. The number of H-pyrrole nitrogens is 2. The van der Waals surface area contributed by atoms with Gasteiger partial charge in [-0.3, -0.25) is 19.2 Å². The summed E-state index contributed by atoms with van der Waals surface area (Å²) in [5.74, 6) is -0.267. The van der Waals surface area contributed by atoms with E-state index in [-0.39, 0.29) is 17.5 Å². The lowest BCUT2D eigenvalue weighted by molar-refractivity contribution is 0.248. The van der Waals surface area contributed by atoms with Crippen LogP contribution in [0.4, 0.5) is 0 Å². The zero-order valence-corrected chi connectivity index (χ0v) is 15.0. The lowest BCUT2D eigenvalue weighted by Crippen LogP contribution is -2.40. The number of aromatic nitrogens is 3. The summed E-state index contributed by atoms with van der Waals surface area (Å²) in [6.45, 7) is 4.34. The van der Waals surface area contributed by atoms with Crippen molar-refractivity contribution in [3.63, 3.8) is 0 Å². The Morgan fingerprint density at radius 3 is 2.65 bits per heavy atom. The van der Waals surface area contributed by atoms with E-state index in [4.69, 9.17) is 0 Å². The Morgan fingerprint density at radius 1 is 1.19 bits per heavy atom. The highest BCUT2D eigenvalue weighted by Gasteiger charge is 2.34. The average Bonchev–Trinajstić information content (AvgIpc) is 2.94. The molecule has 0 saturated heterocycles. The molecule has 0 unspecified atom stereocenters. The van der Waals surface area contributed by atoms with Gasteiger partial charge >= 0.3 is 5.69 Å². The number of likely N-dealkylation sites (N-methyl/N-ethyl adjacent to an activating group) is 1. The van der Waals surface area contributed by atoms with E-state index in [1.165, 1.54) is 4.57 Å². The van der Waals surface area contributed by atoms with Crippen molar-refractivity contribution in [2.24, 2.45) is 0 Å². The van der Waals surface area contributed by atoms with Crippen molar-refractivity contribution in [3.8, 4) is 5.88 Å². The summed E-state index contributed by atoms with van der Waals surface area (Å²) in [6.07, 6.45) is 0.856. The smallest absolute Gasteiger partial charge is 0.331 e. The SMILES string of the molecule is CC(C)n1c(O)c([C@@H]2c3[nH]c4ccccc4c3CCN2C)c(=O)[nH]c1=O. The van der Waals surface area contributed by atoms with Crippen molar-refractivity contribution in [3.05, 3.63) is 61.9 Å². The van der Waals surface area contributed by atoms with Crippen LogP contribution in [-0.4, -0.2) is 38.1 Å². The van der Waals surface area contributed by atoms with Gasteiger partial charge in [-0.2, -0.15) is 0 Å². The van der Waals surface area contributed by atoms with Gasteiger partial charge in [-0.25, -0.2) is 4.79 Å². The molecule has 1 aliphatic rings. The maximum atomic E-state index is 12.6. The molecule has 1 atom stereocenters. The minimum Gasteiger partial charge on any atom is -0.494 e. The van der Waals surface area contributed by atoms with Crippen molar-refractivity contribution < 1.29 is 5.11 Å². The number of hydrogen-bond donors (Lipinski definition) is 3. The number of aromatic hydroxyl groups is 1. The second-order valence-electron chi connectivity index (χ2n) is 7.16. The van der Waals surface area contributed by atoms with Crippen LogP contribution in [0, 0.1) is 0 Å². The third-order valence-corrected chi connectivity index (χ3v) is 5.22. The van der Waals surface area contributed by atoms with E-state index < -0.39 is 17.3 Å². The molecule has 0 fully saturated rings. The van der Waals surface area contributed by atoms with Crippen LogP contribution in [0.1, 0.15) is 42.8 Å². The summed E-state index contributed by atoms with van der Waals surface area (Å²) in [6, 6.07) is 7.31. The molecule has 0 aliphatic carbocycles. The summed E-state index contributed by atoms with van der Waals surface area (Å²) in [7, 11) is 1.92. The molecule has 26 heavy (non-hydrogen) atoms. The number of fused-ring (bicyclic) bond motifs is 3. The van der Waals surface area contributed by atoms with E-state index >= 15 is 0 Å². The third kappa shape index (κ3) is 2.31. The van der Waals surface area contributed by atoms with Crippen molar-refractivity contribution in [2.75, 3.05) is 13.6 Å². The minimum atomic E-state index is -0.596. The third-order valence-electron chi connectivity index (χ3n) is 5.22. The Morgan fingerprint density at radius 2 is 1.92 bits per heavy atom. The fraction of sp³-hybridized carbons (Fsp3) is 0.368. The maximum Gasteiger partial charge on any atom is 0.331 e. The van der Waals surface area contributed by atoms with E-state index in [0.29, 0.717) is 0 Å². The number of hydrogen-bond acceptors (Lipinski definition) is 4. The molecule has 1 aromatic carbocycles. The molecular weight excluding hydrogens is 332 g/mol. The van der Waals surface area contributed by atoms with Gasteiger partial charge < -0.3 is 10.1 Å². The summed E-state index contributed by atoms with van der Waals surface area (Å²) in [4.78, 5) is 32.6. The molecule has 0 radical (unpaired) electrons. The number of nitrogens with zero attached hydrogens (tertiary/aromatic N) is 2. The van der Waals surface area contributed by atoms with Gasteiger partial charge in [0.15, 0.2) is 0 Å². The van der Waals surface area contributed by atoms with E-state index in [1.807, 2.05) is 30.1 Å². The highest BCUT2D eigenvalue weighted by molar-refractivity contribution is 5.85. The van der Waals surface area contributed by atoms with Gasteiger partial charge in [-0.1, -0.05) is 18.2 Å². The van der Waals surface area contributed by atoms with Gasteiger partial charge in [0, 0.05) is 29.2 Å². The molecule has 2 aromatic heterocycles. The first-order valence-corrected chi connectivity index (χ1v) is 8.77. The summed E-state index contributed by atoms with van der Waals surface area (Å²) in [5, 5.41) is 11.9. The fourth-order valence-corrected chi connectivity index (χ4v) is 4.00. The van der Waals surface area contributed by atoms with E-state index in [9.17, 15) is 14.7 Å². The Labute approximate surface area is 149 Å². The van der Waals surface area contributed by atoms with Gasteiger partial charge in [0.1, 0.15) is 5.56 Å². The van der Waals surface area contributed by atoms with Crippen LogP contribution in [-0.2, 0) is 6.42 Å². The summed E-state index contributed by atoms with van der Waals surface area (Å²) < 4.78 is 1.22. The van der Waals surface area contributed by atoms with Gasteiger partial charge in [0.25, 0.3) is 5.56 Å². The Balaban J connectivity index is 2.02. The van der Waals surface area contributed by atoms with Crippen molar-refractivity contribution in [1.29, 1.82) is 0 Å². The lowest BCUT2D eigenvalue weighted by atomic mass is 9.93. The molecule has 3 aromatic rings. The molecule has 0 spiro atoms. The van der Waals surface area contributed by atoms with Crippen molar-refractivity contribution in [2.45, 2.75) is 32.4 Å². The topological polar surface area (TPSA) is 94.1 Å². The first kappa shape index (κ1) is 16.7. The first-order chi connectivity index (χ1) is 12.4. The largest absolute Gasteiger partial charge is 0.494 e. The summed E-state index contributed by atoms with van der Waals surface area (Å²) in [5.41, 5.74) is 2.12. The zero-order chi connectivity index (χ0) is 18.6. The van der Waals surface area contributed by atoms with E-state index in [1.54, 1.807) is 13.8 Å². The molecule has 0 bridgehead atoms. The van der Waals surface area contributed by atoms with Crippen molar-refractivity contribution >= 4 is 10.9 Å². The molecule has 136 valence electrons. The van der Waals surface area contributed by atoms with Gasteiger partial charge in [-0.15, -0.1) is 0 Å². The molecule has 0 amide bonds. The molecule has 7 nitrogen and oxygen atoms in total. The van der Waals surface area contributed by atoms with Crippen LogP contribution in [0.25, 0.3) is 10.9 Å². The highest BCUT2D eigenvalue weighted by Crippen LogP contribution is 2.38. The second-order valence-corrected chi connectivity index (χ2v) is 7.16. The zero-order valence-electron chi connectivity index (χ0n) is 15.0.